The standard InChI is InChI=1S/C28H34O9/c1-7-9-11-13-16(29)18-20(31)15(3)22(32)26(5)21(18)25(4)23(33)19(17(30)14-12-10-8-2)24(34)27(6,35)28(25,36)37-26/h7-15,21-22,29-30,32,35-36H,1-6H3/b9-7+,10-8+,13-11+,14-12+,18-16-,19-17+/t15?,21?,22?,25-,26-,27-,28-/m1/s1. The highest BCUT2D eigenvalue weighted by molar-refractivity contribution is 6.28. The summed E-state index contributed by atoms with van der Waals surface area (Å²) in [5.41, 5.74) is -8.09. The summed E-state index contributed by atoms with van der Waals surface area (Å²) >= 11 is 0. The Hall–Kier alpha value is -3.11. The van der Waals surface area contributed by atoms with Crippen LogP contribution in [0.2, 0.25) is 0 Å². The van der Waals surface area contributed by atoms with Crippen molar-refractivity contribution >= 4 is 17.3 Å². The first-order chi connectivity index (χ1) is 17.1. The first-order valence-electron chi connectivity index (χ1n) is 12.0. The molecular weight excluding hydrogens is 480 g/mol. The number of rotatable bonds is 4. The Morgan fingerprint density at radius 1 is 0.865 bits per heavy atom. The number of ether oxygens (including phenoxy) is 1. The molecule has 0 aromatic heterocycles. The zero-order chi connectivity index (χ0) is 28.1. The van der Waals surface area contributed by atoms with Gasteiger partial charge in [0.1, 0.15) is 22.7 Å². The lowest BCUT2D eigenvalue weighted by Gasteiger charge is -2.50. The molecule has 37 heavy (non-hydrogen) atoms. The molecule has 0 bridgehead atoms. The van der Waals surface area contributed by atoms with Crippen LogP contribution in [0.4, 0.5) is 0 Å². The maximum atomic E-state index is 14.1. The quantitative estimate of drug-likeness (QED) is 0.164. The molecule has 200 valence electrons. The number of fused-ring (bicyclic) bond motifs is 3. The van der Waals surface area contributed by atoms with Crippen LogP contribution >= 0.6 is 0 Å². The van der Waals surface area contributed by atoms with Gasteiger partial charge in [-0.2, -0.15) is 0 Å². The normalized spacial score (nSPS) is 43.4. The highest BCUT2D eigenvalue weighted by Gasteiger charge is 2.83. The van der Waals surface area contributed by atoms with Gasteiger partial charge in [0.25, 0.3) is 0 Å². The predicted octanol–water partition coefficient (Wildman–Crippen LogP) is 2.46. The molecule has 0 aromatic carbocycles. The molecular formula is C28H34O9. The van der Waals surface area contributed by atoms with E-state index in [2.05, 4.69) is 0 Å². The van der Waals surface area contributed by atoms with E-state index in [0.717, 1.165) is 13.0 Å². The molecule has 7 atom stereocenters. The second-order valence-corrected chi connectivity index (χ2v) is 10.2. The lowest BCUT2D eigenvalue weighted by molar-refractivity contribution is -0.327. The van der Waals surface area contributed by atoms with Crippen LogP contribution in [-0.4, -0.2) is 66.0 Å². The third-order valence-electron chi connectivity index (χ3n) is 7.93. The van der Waals surface area contributed by atoms with Crippen LogP contribution in [0, 0.1) is 17.3 Å². The molecule has 1 saturated heterocycles. The zero-order valence-corrected chi connectivity index (χ0v) is 21.7. The van der Waals surface area contributed by atoms with E-state index >= 15 is 0 Å². The highest BCUT2D eigenvalue weighted by Crippen LogP contribution is 2.67. The summed E-state index contributed by atoms with van der Waals surface area (Å²) < 4.78 is 5.91. The fourth-order valence-electron chi connectivity index (χ4n) is 5.93. The summed E-state index contributed by atoms with van der Waals surface area (Å²) in [5, 5.41) is 56.1. The van der Waals surface area contributed by atoms with E-state index in [1.165, 1.54) is 45.1 Å². The Balaban J connectivity index is 2.43. The van der Waals surface area contributed by atoms with Gasteiger partial charge in [-0.25, -0.2) is 0 Å². The van der Waals surface area contributed by atoms with Crippen LogP contribution in [0.5, 0.6) is 0 Å². The SMILES string of the molecule is C/C=C/C=C/C(O)=C1/C(=O)[C@@]2(C)C3/C(=C(O)/C=C/C=C/C)C(=O)C(C)C(O)[C@]3(C)O[C@@]2(O)[C@](C)(O)C1=O. The number of hydrogen-bond acceptors (Lipinski definition) is 9. The van der Waals surface area contributed by atoms with Gasteiger partial charge in [-0.3, -0.25) is 14.4 Å². The maximum absolute atomic E-state index is 14.1. The molecule has 3 aliphatic rings. The van der Waals surface area contributed by atoms with E-state index in [9.17, 15) is 39.9 Å². The van der Waals surface area contributed by atoms with Crippen molar-refractivity contribution in [2.75, 3.05) is 0 Å². The average molecular weight is 515 g/mol. The van der Waals surface area contributed by atoms with Crippen molar-refractivity contribution in [1.82, 2.24) is 0 Å². The molecule has 5 N–H and O–H groups in total. The molecule has 2 aliphatic carbocycles. The second kappa shape index (κ2) is 9.33. The predicted molar refractivity (Wildman–Crippen MR) is 134 cm³/mol. The number of carbonyl (C=O) groups excluding carboxylic acids is 3. The molecule has 0 amide bonds. The summed E-state index contributed by atoms with van der Waals surface area (Å²) in [6.45, 7) is 8.34. The topological polar surface area (TPSA) is 162 Å². The number of aliphatic hydroxyl groups excluding tert-OH is 3. The Bertz CT molecular complexity index is 1210. The minimum atomic E-state index is -2.94. The van der Waals surface area contributed by atoms with Crippen molar-refractivity contribution in [1.29, 1.82) is 0 Å². The largest absolute Gasteiger partial charge is 0.508 e. The molecule has 3 unspecified atom stereocenters. The summed E-state index contributed by atoms with van der Waals surface area (Å²) in [5.74, 6) is -9.97. The molecule has 0 aromatic rings. The van der Waals surface area contributed by atoms with Gasteiger partial charge >= 0.3 is 0 Å². The van der Waals surface area contributed by atoms with E-state index in [4.69, 9.17) is 4.74 Å². The number of Topliss-reactive ketones (excluding diaryl/α,β-unsaturated/α-hetero) is 3. The molecule has 9 heteroatoms. The van der Waals surface area contributed by atoms with Crippen LogP contribution in [0.3, 0.4) is 0 Å². The molecule has 3 rings (SSSR count). The van der Waals surface area contributed by atoms with Gasteiger partial charge in [-0.05, 0) is 46.8 Å². The molecule has 9 nitrogen and oxygen atoms in total. The van der Waals surface area contributed by atoms with Gasteiger partial charge in [-0.15, -0.1) is 0 Å². The number of hydrogen-bond donors (Lipinski definition) is 5. The average Bonchev–Trinajstić information content (AvgIpc) is 3.03. The van der Waals surface area contributed by atoms with E-state index < -0.39 is 74.8 Å². The first kappa shape index (κ1) is 28.5. The van der Waals surface area contributed by atoms with Gasteiger partial charge < -0.3 is 30.3 Å². The minimum Gasteiger partial charge on any atom is -0.508 e. The molecule has 3 fully saturated rings. The van der Waals surface area contributed by atoms with Gasteiger partial charge in [0.05, 0.1) is 11.5 Å². The summed E-state index contributed by atoms with van der Waals surface area (Å²) in [6, 6.07) is 0. The van der Waals surface area contributed by atoms with Crippen LogP contribution in [0.15, 0.2) is 71.3 Å². The number of aliphatic hydroxyl groups is 5. The van der Waals surface area contributed by atoms with Crippen molar-refractivity contribution in [2.24, 2.45) is 17.3 Å². The highest BCUT2D eigenvalue weighted by atomic mass is 16.7. The summed E-state index contributed by atoms with van der Waals surface area (Å²) in [7, 11) is 0. The van der Waals surface area contributed by atoms with Gasteiger partial charge in [-0.1, -0.05) is 43.4 Å². The third kappa shape index (κ3) is 3.64. The molecule has 0 spiro atoms. The van der Waals surface area contributed by atoms with E-state index in [1.807, 2.05) is 0 Å². The summed E-state index contributed by atoms with van der Waals surface area (Å²) in [4.78, 5) is 40.9. The maximum Gasteiger partial charge on any atom is 0.216 e. The smallest absolute Gasteiger partial charge is 0.216 e. The molecule has 2 saturated carbocycles. The number of allylic oxidation sites excluding steroid dienone is 8. The lowest BCUT2D eigenvalue weighted by atomic mass is 9.50. The fourth-order valence-corrected chi connectivity index (χ4v) is 5.93. The molecule has 1 heterocycles. The van der Waals surface area contributed by atoms with Gasteiger partial charge in [0.2, 0.25) is 11.6 Å². The molecule has 0 radical (unpaired) electrons. The van der Waals surface area contributed by atoms with Crippen molar-refractivity contribution in [3.63, 3.8) is 0 Å². The second-order valence-electron chi connectivity index (χ2n) is 10.2. The fraction of sp³-hybridized carbons (Fsp3) is 0.464. The third-order valence-corrected chi connectivity index (χ3v) is 7.93. The first-order valence-corrected chi connectivity index (χ1v) is 12.0. The van der Waals surface area contributed by atoms with Crippen LogP contribution in [0.25, 0.3) is 0 Å². The van der Waals surface area contributed by atoms with Gasteiger partial charge in [0.15, 0.2) is 17.2 Å². The van der Waals surface area contributed by atoms with Crippen molar-refractivity contribution in [2.45, 2.75) is 64.6 Å². The Kier molecular flexibility index (Phi) is 7.17. The van der Waals surface area contributed by atoms with Gasteiger partial charge in [0, 0.05) is 17.4 Å². The number of ketones is 3. The number of carbonyl (C=O) groups is 3. The minimum absolute atomic E-state index is 0.304. The molecule has 1 aliphatic heterocycles. The van der Waals surface area contributed by atoms with Crippen LogP contribution in [-0.2, 0) is 19.1 Å². The Morgan fingerprint density at radius 2 is 1.38 bits per heavy atom. The van der Waals surface area contributed by atoms with Crippen molar-refractivity contribution in [3.05, 3.63) is 71.3 Å². The van der Waals surface area contributed by atoms with Crippen LogP contribution < -0.4 is 0 Å². The zero-order valence-electron chi connectivity index (χ0n) is 21.7. The van der Waals surface area contributed by atoms with E-state index in [-0.39, 0.29) is 5.57 Å². The van der Waals surface area contributed by atoms with Crippen molar-refractivity contribution in [3.8, 4) is 0 Å². The lowest BCUT2D eigenvalue weighted by Crippen LogP contribution is -2.72. The Morgan fingerprint density at radius 3 is 1.89 bits per heavy atom. The van der Waals surface area contributed by atoms with Crippen molar-refractivity contribution < 1.29 is 44.7 Å². The van der Waals surface area contributed by atoms with Crippen LogP contribution in [0.1, 0.15) is 41.5 Å². The van der Waals surface area contributed by atoms with E-state index in [0.29, 0.717) is 0 Å². The summed E-state index contributed by atoms with van der Waals surface area (Å²) in [6.07, 6.45) is 10.0. The Labute approximate surface area is 215 Å². The van der Waals surface area contributed by atoms with E-state index in [1.54, 1.807) is 32.1 Å². The monoisotopic (exact) mass is 514 g/mol.